The van der Waals surface area contributed by atoms with Gasteiger partial charge in [0.15, 0.2) is 0 Å². The zero-order chi connectivity index (χ0) is 13.1. The van der Waals surface area contributed by atoms with Crippen molar-refractivity contribution in [1.82, 2.24) is 0 Å². The number of hydrogen-bond acceptors (Lipinski definition) is 4. The third-order valence-corrected chi connectivity index (χ3v) is 4.48. The Morgan fingerprint density at radius 2 is 2.33 bits per heavy atom. The lowest BCUT2D eigenvalue weighted by molar-refractivity contribution is 0.199. The molecule has 0 saturated carbocycles. The van der Waals surface area contributed by atoms with Crippen molar-refractivity contribution in [3.8, 4) is 6.07 Å². The molecular formula is C14H18N2OS. The van der Waals surface area contributed by atoms with Crippen LogP contribution in [0.15, 0.2) is 18.2 Å². The summed E-state index contributed by atoms with van der Waals surface area (Å²) in [7, 11) is 0. The van der Waals surface area contributed by atoms with Gasteiger partial charge in [-0.25, -0.2) is 0 Å². The van der Waals surface area contributed by atoms with Gasteiger partial charge in [0.2, 0.25) is 0 Å². The smallest absolute Gasteiger partial charge is 0.0992 e. The van der Waals surface area contributed by atoms with Gasteiger partial charge in [-0.05, 0) is 26.0 Å². The summed E-state index contributed by atoms with van der Waals surface area (Å²) in [5.41, 5.74) is 2.57. The molecule has 0 spiro atoms. The second kappa shape index (κ2) is 5.64. The molecular weight excluding hydrogens is 244 g/mol. The number of nitrogens with zero attached hydrogens (tertiary/aromatic N) is 2. The van der Waals surface area contributed by atoms with Crippen LogP contribution in [0.25, 0.3) is 0 Å². The topological polar surface area (TPSA) is 47.3 Å². The SMILES string of the molecule is CC1CSCCN1c1cc(C#N)ccc1[C@@H](C)O. The van der Waals surface area contributed by atoms with E-state index < -0.39 is 6.10 Å². The van der Waals surface area contributed by atoms with Crippen LogP contribution in [0.5, 0.6) is 0 Å². The number of aliphatic hydroxyl groups excluding tert-OH is 1. The third kappa shape index (κ3) is 2.63. The first-order valence-corrected chi connectivity index (χ1v) is 7.35. The predicted octanol–water partition coefficient (Wildman–Crippen LogP) is 2.55. The van der Waals surface area contributed by atoms with E-state index in [0.717, 1.165) is 29.3 Å². The van der Waals surface area contributed by atoms with Gasteiger partial charge in [0.1, 0.15) is 0 Å². The highest BCUT2D eigenvalue weighted by Gasteiger charge is 2.22. The first kappa shape index (κ1) is 13.3. The first-order valence-electron chi connectivity index (χ1n) is 6.20. The number of hydrogen-bond donors (Lipinski definition) is 1. The quantitative estimate of drug-likeness (QED) is 0.890. The van der Waals surface area contributed by atoms with Gasteiger partial charge < -0.3 is 10.0 Å². The predicted molar refractivity (Wildman–Crippen MR) is 75.9 cm³/mol. The molecule has 1 aliphatic heterocycles. The van der Waals surface area contributed by atoms with Gasteiger partial charge in [0, 0.05) is 35.3 Å². The summed E-state index contributed by atoms with van der Waals surface area (Å²) in [5, 5.41) is 18.9. The van der Waals surface area contributed by atoms with E-state index in [0.29, 0.717) is 11.6 Å². The Morgan fingerprint density at radius 3 is 2.94 bits per heavy atom. The highest BCUT2D eigenvalue weighted by atomic mass is 32.2. The van der Waals surface area contributed by atoms with Crippen LogP contribution in [0, 0.1) is 11.3 Å². The molecule has 2 atom stereocenters. The summed E-state index contributed by atoms with van der Waals surface area (Å²) in [4.78, 5) is 2.30. The Morgan fingerprint density at radius 1 is 1.56 bits per heavy atom. The van der Waals surface area contributed by atoms with Crippen LogP contribution in [-0.4, -0.2) is 29.2 Å². The third-order valence-electron chi connectivity index (χ3n) is 3.29. The number of aliphatic hydroxyl groups is 1. The minimum atomic E-state index is -0.505. The number of rotatable bonds is 2. The van der Waals surface area contributed by atoms with Gasteiger partial charge >= 0.3 is 0 Å². The van der Waals surface area contributed by atoms with Crippen LogP contribution < -0.4 is 4.90 Å². The maximum Gasteiger partial charge on any atom is 0.0992 e. The summed E-state index contributed by atoms with van der Waals surface area (Å²) in [6.45, 7) is 4.94. The van der Waals surface area contributed by atoms with Gasteiger partial charge in [-0.3, -0.25) is 0 Å². The van der Waals surface area contributed by atoms with Crippen molar-refractivity contribution in [2.45, 2.75) is 26.0 Å². The minimum Gasteiger partial charge on any atom is -0.389 e. The van der Waals surface area contributed by atoms with Crippen LogP contribution in [0.1, 0.15) is 31.1 Å². The second-order valence-electron chi connectivity index (χ2n) is 4.68. The van der Waals surface area contributed by atoms with Crippen molar-refractivity contribution in [2.75, 3.05) is 23.0 Å². The van der Waals surface area contributed by atoms with E-state index in [-0.39, 0.29) is 0 Å². The van der Waals surface area contributed by atoms with Gasteiger partial charge in [-0.15, -0.1) is 0 Å². The van der Waals surface area contributed by atoms with Crippen molar-refractivity contribution >= 4 is 17.4 Å². The van der Waals surface area contributed by atoms with Gasteiger partial charge in [-0.1, -0.05) is 6.07 Å². The highest BCUT2D eigenvalue weighted by molar-refractivity contribution is 7.99. The summed E-state index contributed by atoms with van der Waals surface area (Å²) in [6, 6.07) is 8.15. The number of benzene rings is 1. The van der Waals surface area contributed by atoms with E-state index in [2.05, 4.69) is 17.9 Å². The van der Waals surface area contributed by atoms with Crippen LogP contribution >= 0.6 is 11.8 Å². The van der Waals surface area contributed by atoms with Crippen LogP contribution in [-0.2, 0) is 0 Å². The summed E-state index contributed by atoms with van der Waals surface area (Å²) in [6.07, 6.45) is -0.505. The van der Waals surface area contributed by atoms with E-state index in [1.807, 2.05) is 23.9 Å². The Hall–Kier alpha value is -1.18. The zero-order valence-electron chi connectivity index (χ0n) is 10.8. The zero-order valence-corrected chi connectivity index (χ0v) is 11.6. The lowest BCUT2D eigenvalue weighted by Crippen LogP contribution is -2.41. The van der Waals surface area contributed by atoms with Crippen LogP contribution in [0.3, 0.4) is 0 Å². The molecule has 1 aromatic rings. The average Bonchev–Trinajstić information content (AvgIpc) is 2.38. The minimum absolute atomic E-state index is 0.440. The fraction of sp³-hybridized carbons (Fsp3) is 0.500. The van der Waals surface area contributed by atoms with E-state index in [1.165, 1.54) is 0 Å². The molecule has 1 heterocycles. The Bertz CT molecular complexity index is 467. The lowest BCUT2D eigenvalue weighted by atomic mass is 10.0. The molecule has 0 amide bonds. The molecule has 0 aliphatic carbocycles. The molecule has 2 rings (SSSR count). The Labute approximate surface area is 112 Å². The lowest BCUT2D eigenvalue weighted by Gasteiger charge is -2.36. The molecule has 0 radical (unpaired) electrons. The highest BCUT2D eigenvalue weighted by Crippen LogP contribution is 2.31. The van der Waals surface area contributed by atoms with E-state index in [9.17, 15) is 5.11 Å². The molecule has 4 heteroatoms. The van der Waals surface area contributed by atoms with E-state index in [1.54, 1.807) is 13.0 Å². The van der Waals surface area contributed by atoms with Crippen LogP contribution in [0.2, 0.25) is 0 Å². The molecule has 1 saturated heterocycles. The van der Waals surface area contributed by atoms with Crippen LogP contribution in [0.4, 0.5) is 5.69 Å². The number of anilines is 1. The molecule has 1 fully saturated rings. The summed E-state index contributed by atoms with van der Waals surface area (Å²) in [5.74, 6) is 2.19. The monoisotopic (exact) mass is 262 g/mol. The molecule has 0 bridgehead atoms. The molecule has 3 nitrogen and oxygen atoms in total. The fourth-order valence-corrected chi connectivity index (χ4v) is 3.31. The normalized spacial score (nSPS) is 21.4. The molecule has 0 aromatic heterocycles. The second-order valence-corrected chi connectivity index (χ2v) is 5.83. The van der Waals surface area contributed by atoms with Crippen molar-refractivity contribution in [3.63, 3.8) is 0 Å². The van der Waals surface area contributed by atoms with Crippen molar-refractivity contribution in [2.24, 2.45) is 0 Å². The number of thioether (sulfide) groups is 1. The Kier molecular flexibility index (Phi) is 4.15. The van der Waals surface area contributed by atoms with Gasteiger partial charge in [0.05, 0.1) is 17.7 Å². The Balaban J connectivity index is 2.42. The fourth-order valence-electron chi connectivity index (χ4n) is 2.30. The summed E-state index contributed by atoms with van der Waals surface area (Å²) < 4.78 is 0. The van der Waals surface area contributed by atoms with E-state index in [4.69, 9.17) is 5.26 Å². The molecule has 1 unspecified atom stereocenters. The molecule has 1 aromatic carbocycles. The van der Waals surface area contributed by atoms with E-state index >= 15 is 0 Å². The van der Waals surface area contributed by atoms with Crippen molar-refractivity contribution in [3.05, 3.63) is 29.3 Å². The molecule has 1 aliphatic rings. The van der Waals surface area contributed by atoms with Gasteiger partial charge in [-0.2, -0.15) is 17.0 Å². The molecule has 1 N–H and O–H groups in total. The molecule has 18 heavy (non-hydrogen) atoms. The standard InChI is InChI=1S/C14H18N2OS/c1-10-9-18-6-5-16(10)14-7-12(8-15)3-4-13(14)11(2)17/h3-4,7,10-11,17H,5-6,9H2,1-2H3/t10?,11-/m1/s1. The maximum absolute atomic E-state index is 9.87. The van der Waals surface area contributed by atoms with Crippen molar-refractivity contribution < 1.29 is 5.11 Å². The molecule has 96 valence electrons. The van der Waals surface area contributed by atoms with Gasteiger partial charge in [0.25, 0.3) is 0 Å². The number of nitriles is 1. The maximum atomic E-state index is 9.87. The summed E-state index contributed by atoms with van der Waals surface area (Å²) >= 11 is 1.96. The average molecular weight is 262 g/mol. The first-order chi connectivity index (χ1) is 8.63. The largest absolute Gasteiger partial charge is 0.389 e. The van der Waals surface area contributed by atoms with Crippen molar-refractivity contribution in [1.29, 1.82) is 5.26 Å².